The van der Waals surface area contributed by atoms with Gasteiger partial charge in [0, 0.05) is 29.0 Å². The zero-order chi connectivity index (χ0) is 21.6. The van der Waals surface area contributed by atoms with E-state index in [1.165, 1.54) is 12.1 Å². The van der Waals surface area contributed by atoms with Crippen molar-refractivity contribution >= 4 is 49.1 Å². The standard InChI is InChI=1S/C20H13BrF3N5S/c1-3-29-19(12-7-11(21)8-15(24)18(12)27-29)28(2)20-26-17(16(9-25)30-20)10-4-5-13(22)14(23)6-10/h4-8H,3H2,1-2H3. The van der Waals surface area contributed by atoms with E-state index in [1.807, 2.05) is 6.92 Å². The highest BCUT2D eigenvalue weighted by Crippen LogP contribution is 2.39. The SMILES string of the molecule is CCn1nc2c(F)cc(Br)cc2c1N(C)c1nc(-c2ccc(F)c(F)c2)c(C#N)s1. The van der Waals surface area contributed by atoms with Gasteiger partial charge in [0.2, 0.25) is 0 Å². The molecule has 2 aromatic heterocycles. The number of aromatic nitrogens is 3. The second kappa shape index (κ2) is 7.74. The summed E-state index contributed by atoms with van der Waals surface area (Å²) >= 11 is 4.40. The van der Waals surface area contributed by atoms with Crippen LogP contribution in [0, 0.1) is 28.8 Å². The summed E-state index contributed by atoms with van der Waals surface area (Å²) in [5, 5.41) is 14.9. The van der Waals surface area contributed by atoms with E-state index >= 15 is 0 Å². The van der Waals surface area contributed by atoms with E-state index in [4.69, 9.17) is 0 Å². The Hall–Kier alpha value is -2.90. The molecule has 5 nitrogen and oxygen atoms in total. The van der Waals surface area contributed by atoms with Crippen molar-refractivity contribution in [3.8, 4) is 17.3 Å². The van der Waals surface area contributed by atoms with Crippen molar-refractivity contribution in [2.45, 2.75) is 13.5 Å². The van der Waals surface area contributed by atoms with Gasteiger partial charge in [0.05, 0.1) is 0 Å². The van der Waals surface area contributed by atoms with Gasteiger partial charge in [-0.25, -0.2) is 22.8 Å². The summed E-state index contributed by atoms with van der Waals surface area (Å²) < 4.78 is 43.6. The monoisotopic (exact) mass is 491 g/mol. The molecule has 0 aliphatic carbocycles. The molecule has 0 bridgehead atoms. The summed E-state index contributed by atoms with van der Waals surface area (Å²) in [5.74, 6) is -1.85. The summed E-state index contributed by atoms with van der Waals surface area (Å²) in [6.45, 7) is 2.36. The number of hydrogen-bond acceptors (Lipinski definition) is 5. The van der Waals surface area contributed by atoms with Crippen LogP contribution in [-0.2, 0) is 6.54 Å². The van der Waals surface area contributed by atoms with Crippen molar-refractivity contribution in [3.63, 3.8) is 0 Å². The molecule has 0 amide bonds. The molecule has 0 spiro atoms. The van der Waals surface area contributed by atoms with E-state index < -0.39 is 17.5 Å². The van der Waals surface area contributed by atoms with Gasteiger partial charge in [-0.3, -0.25) is 0 Å². The number of rotatable bonds is 4. The van der Waals surface area contributed by atoms with Crippen LogP contribution in [0.25, 0.3) is 22.2 Å². The molecule has 4 aromatic rings. The van der Waals surface area contributed by atoms with Crippen molar-refractivity contribution in [2.24, 2.45) is 0 Å². The molecule has 4 rings (SSSR count). The predicted octanol–water partition coefficient (Wildman–Crippen LogP) is 6.00. The molecule has 0 saturated carbocycles. The maximum Gasteiger partial charge on any atom is 0.192 e. The largest absolute Gasteiger partial charge is 0.305 e. The fourth-order valence-electron chi connectivity index (χ4n) is 3.18. The summed E-state index contributed by atoms with van der Waals surface area (Å²) in [6, 6.07) is 8.54. The van der Waals surface area contributed by atoms with E-state index in [1.54, 1.807) is 22.7 Å². The fourth-order valence-corrected chi connectivity index (χ4v) is 4.46. The van der Waals surface area contributed by atoms with Gasteiger partial charge in [-0.1, -0.05) is 27.3 Å². The lowest BCUT2D eigenvalue weighted by atomic mass is 10.1. The Kier molecular flexibility index (Phi) is 5.26. The smallest absolute Gasteiger partial charge is 0.192 e. The molecule has 10 heteroatoms. The van der Waals surface area contributed by atoms with Crippen LogP contribution in [0.3, 0.4) is 0 Å². The zero-order valence-electron chi connectivity index (χ0n) is 15.8. The van der Waals surface area contributed by atoms with Crippen LogP contribution in [0.5, 0.6) is 0 Å². The van der Waals surface area contributed by atoms with Crippen LogP contribution in [0.15, 0.2) is 34.8 Å². The summed E-state index contributed by atoms with van der Waals surface area (Å²) in [4.78, 5) is 6.45. The zero-order valence-corrected chi connectivity index (χ0v) is 18.2. The third kappa shape index (κ3) is 3.34. The molecule has 2 aromatic carbocycles. The minimum Gasteiger partial charge on any atom is -0.305 e. The maximum atomic E-state index is 14.4. The molecule has 0 fully saturated rings. The average molecular weight is 492 g/mol. The maximum absolute atomic E-state index is 14.4. The van der Waals surface area contributed by atoms with E-state index in [2.05, 4.69) is 32.1 Å². The molecule has 0 unspecified atom stereocenters. The minimum absolute atomic E-state index is 0.222. The number of aryl methyl sites for hydroxylation is 1. The van der Waals surface area contributed by atoms with Crippen molar-refractivity contribution in [1.82, 2.24) is 14.8 Å². The number of anilines is 2. The molecule has 0 radical (unpaired) electrons. The van der Waals surface area contributed by atoms with Crippen LogP contribution < -0.4 is 4.90 Å². The van der Waals surface area contributed by atoms with Crippen LogP contribution in [-0.4, -0.2) is 21.8 Å². The first-order valence-corrected chi connectivity index (χ1v) is 10.4. The second-order valence-electron chi connectivity index (χ2n) is 6.40. The molecule has 30 heavy (non-hydrogen) atoms. The Labute approximate surface area is 182 Å². The molecule has 152 valence electrons. The van der Waals surface area contributed by atoms with Crippen LogP contribution in [0.1, 0.15) is 11.8 Å². The van der Waals surface area contributed by atoms with Gasteiger partial charge >= 0.3 is 0 Å². The minimum atomic E-state index is -1.02. The highest BCUT2D eigenvalue weighted by Gasteiger charge is 2.23. The Balaban J connectivity index is 1.87. The highest BCUT2D eigenvalue weighted by molar-refractivity contribution is 9.10. The lowest BCUT2D eigenvalue weighted by Crippen LogP contribution is -2.15. The normalized spacial score (nSPS) is 11.1. The third-order valence-corrected chi connectivity index (χ3v) is 6.04. The Bertz CT molecular complexity index is 1320. The predicted molar refractivity (Wildman–Crippen MR) is 113 cm³/mol. The molecule has 0 N–H and O–H groups in total. The van der Waals surface area contributed by atoms with Gasteiger partial charge in [-0.2, -0.15) is 10.4 Å². The average Bonchev–Trinajstić information content (AvgIpc) is 3.31. The Morgan fingerprint density at radius 1 is 1.17 bits per heavy atom. The molecular weight excluding hydrogens is 479 g/mol. The number of halogens is 4. The van der Waals surface area contributed by atoms with Gasteiger partial charge in [-0.15, -0.1) is 0 Å². The summed E-state index contributed by atoms with van der Waals surface area (Å²) in [6.07, 6.45) is 0. The first kappa shape index (κ1) is 20.4. The van der Waals surface area contributed by atoms with E-state index in [0.29, 0.717) is 32.9 Å². The number of nitriles is 1. The van der Waals surface area contributed by atoms with Gasteiger partial charge < -0.3 is 4.90 Å². The number of thiazole rings is 1. The van der Waals surface area contributed by atoms with Crippen molar-refractivity contribution in [2.75, 3.05) is 11.9 Å². The van der Waals surface area contributed by atoms with Crippen LogP contribution in [0.2, 0.25) is 0 Å². The fraction of sp³-hybridized carbons (Fsp3) is 0.150. The van der Waals surface area contributed by atoms with E-state index in [-0.39, 0.29) is 16.1 Å². The van der Waals surface area contributed by atoms with Gasteiger partial charge in [0.15, 0.2) is 22.6 Å². The quantitative estimate of drug-likeness (QED) is 0.351. The van der Waals surface area contributed by atoms with Gasteiger partial charge in [-0.05, 0) is 37.3 Å². The second-order valence-corrected chi connectivity index (χ2v) is 8.29. The first-order chi connectivity index (χ1) is 14.3. The lowest BCUT2D eigenvalue weighted by molar-refractivity contribution is 0.509. The molecule has 2 heterocycles. The third-order valence-electron chi connectivity index (χ3n) is 4.55. The van der Waals surface area contributed by atoms with E-state index in [9.17, 15) is 18.4 Å². The van der Waals surface area contributed by atoms with E-state index in [0.717, 1.165) is 23.5 Å². The number of hydrogen-bond donors (Lipinski definition) is 0. The van der Waals surface area contributed by atoms with Gasteiger partial charge in [0.1, 0.15) is 28.0 Å². The highest BCUT2D eigenvalue weighted by atomic mass is 79.9. The molecule has 0 aliphatic heterocycles. The van der Waals surface area contributed by atoms with Crippen molar-refractivity contribution in [3.05, 3.63) is 57.1 Å². The van der Waals surface area contributed by atoms with Crippen LogP contribution in [0.4, 0.5) is 24.1 Å². The Morgan fingerprint density at radius 2 is 1.93 bits per heavy atom. The summed E-state index contributed by atoms with van der Waals surface area (Å²) in [5.41, 5.74) is 0.770. The van der Waals surface area contributed by atoms with Crippen molar-refractivity contribution < 1.29 is 13.2 Å². The molecule has 0 atom stereocenters. The molecule has 0 aliphatic rings. The number of fused-ring (bicyclic) bond motifs is 1. The number of benzene rings is 2. The van der Waals surface area contributed by atoms with Crippen LogP contribution >= 0.6 is 27.3 Å². The topological polar surface area (TPSA) is 57.7 Å². The lowest BCUT2D eigenvalue weighted by Gasteiger charge is -2.17. The molecule has 0 saturated heterocycles. The molecular formula is C20H13BrF3N5S. The number of nitrogens with zero attached hydrogens (tertiary/aromatic N) is 5. The first-order valence-electron chi connectivity index (χ1n) is 8.79. The summed E-state index contributed by atoms with van der Waals surface area (Å²) in [7, 11) is 1.73. The van der Waals surface area contributed by atoms with Crippen molar-refractivity contribution in [1.29, 1.82) is 5.26 Å². The Morgan fingerprint density at radius 3 is 2.60 bits per heavy atom. The van der Waals surface area contributed by atoms with Gasteiger partial charge in [0.25, 0.3) is 0 Å².